The van der Waals surface area contributed by atoms with Crippen LogP contribution < -0.4 is 4.74 Å². The molecule has 0 bridgehead atoms. The molecule has 0 aliphatic heterocycles. The van der Waals surface area contributed by atoms with Gasteiger partial charge in [0.25, 0.3) is 0 Å². The lowest BCUT2D eigenvalue weighted by molar-refractivity contribution is 0.295. The minimum absolute atomic E-state index is 0.133. The van der Waals surface area contributed by atoms with E-state index in [4.69, 9.17) is 27.9 Å². The van der Waals surface area contributed by atoms with Crippen LogP contribution in [-0.4, -0.2) is 25.2 Å². The molecule has 0 saturated carbocycles. The van der Waals surface area contributed by atoms with Crippen LogP contribution in [0.4, 0.5) is 0 Å². The van der Waals surface area contributed by atoms with Crippen LogP contribution in [0, 0.1) is 6.92 Å². The van der Waals surface area contributed by atoms with Crippen LogP contribution in [0.5, 0.6) is 5.75 Å². The van der Waals surface area contributed by atoms with Crippen molar-refractivity contribution >= 4 is 34.1 Å². The van der Waals surface area contributed by atoms with Crippen molar-refractivity contribution in [3.05, 3.63) is 70.1 Å². The first kappa shape index (κ1) is 16.8. The minimum atomic E-state index is 0.133. The third-order valence-corrected chi connectivity index (χ3v) is 4.45. The summed E-state index contributed by atoms with van der Waals surface area (Å²) in [6.45, 7) is 2.03. The van der Waals surface area contributed by atoms with Gasteiger partial charge in [0, 0.05) is 11.1 Å². The van der Waals surface area contributed by atoms with E-state index in [2.05, 4.69) is 20.5 Å². The first-order chi connectivity index (χ1) is 12.6. The highest BCUT2D eigenvalue weighted by Gasteiger charge is 2.15. The average Bonchev–Trinajstić information content (AvgIpc) is 3.10. The Morgan fingerprint density at radius 3 is 2.65 bits per heavy atom. The summed E-state index contributed by atoms with van der Waals surface area (Å²) in [4.78, 5) is 4.53. The lowest BCUT2D eigenvalue weighted by atomic mass is 10.2. The molecule has 4 aromatic rings. The maximum Gasteiger partial charge on any atom is 0.194 e. The third-order valence-electron chi connectivity index (χ3n) is 3.86. The molecule has 2 heterocycles. The van der Waals surface area contributed by atoms with E-state index in [0.717, 1.165) is 16.8 Å². The van der Waals surface area contributed by atoms with Crippen molar-refractivity contribution in [1.82, 2.24) is 25.2 Å². The highest BCUT2D eigenvalue weighted by Crippen LogP contribution is 2.37. The van der Waals surface area contributed by atoms with Crippen molar-refractivity contribution < 1.29 is 4.74 Å². The summed E-state index contributed by atoms with van der Waals surface area (Å²) in [7, 11) is 0. The number of tetrazole rings is 1. The molecule has 6 nitrogen and oxygen atoms in total. The van der Waals surface area contributed by atoms with Crippen LogP contribution in [-0.2, 0) is 6.61 Å². The quantitative estimate of drug-likeness (QED) is 0.520. The zero-order chi connectivity index (χ0) is 18.1. The van der Waals surface area contributed by atoms with E-state index < -0.39 is 0 Å². The predicted octanol–water partition coefficient (Wildman–Crippen LogP) is 4.40. The number of ether oxygens (including phenoxy) is 1. The summed E-state index contributed by atoms with van der Waals surface area (Å²) >= 11 is 12.6. The number of hydrogen-bond acceptors (Lipinski definition) is 5. The molecule has 8 heteroatoms. The maximum atomic E-state index is 6.35. The Bertz CT molecular complexity index is 1080. The Kier molecular flexibility index (Phi) is 4.44. The van der Waals surface area contributed by atoms with Gasteiger partial charge in [-0.05, 0) is 47.7 Å². The molecule has 2 aromatic heterocycles. The highest BCUT2D eigenvalue weighted by atomic mass is 35.5. The molecule has 0 N–H and O–H groups in total. The van der Waals surface area contributed by atoms with E-state index in [0.29, 0.717) is 27.1 Å². The Hall–Kier alpha value is -2.70. The number of benzene rings is 2. The van der Waals surface area contributed by atoms with Gasteiger partial charge in [-0.3, -0.25) is 0 Å². The lowest BCUT2D eigenvalue weighted by Crippen LogP contribution is -2.07. The monoisotopic (exact) mass is 385 g/mol. The van der Waals surface area contributed by atoms with E-state index in [1.165, 1.54) is 0 Å². The van der Waals surface area contributed by atoms with Gasteiger partial charge in [0.1, 0.15) is 5.52 Å². The fraction of sp³-hybridized carbons (Fsp3) is 0.111. The largest absolute Gasteiger partial charge is 0.482 e. The number of halogens is 2. The van der Waals surface area contributed by atoms with E-state index in [9.17, 15) is 0 Å². The number of hydrogen-bond donors (Lipinski definition) is 0. The number of fused-ring (bicyclic) bond motifs is 1. The summed E-state index contributed by atoms with van der Waals surface area (Å²) in [5, 5.41) is 13.5. The number of pyridine rings is 1. The molecule has 0 amide bonds. The summed E-state index contributed by atoms with van der Waals surface area (Å²) in [5.74, 6) is 1.00. The zero-order valence-electron chi connectivity index (χ0n) is 13.7. The maximum absolute atomic E-state index is 6.35. The van der Waals surface area contributed by atoms with Gasteiger partial charge < -0.3 is 4.74 Å². The molecular weight excluding hydrogens is 373 g/mol. The second kappa shape index (κ2) is 6.90. The van der Waals surface area contributed by atoms with Crippen molar-refractivity contribution in [2.24, 2.45) is 0 Å². The SMILES string of the molecule is Cc1ccc2c(Cl)cc(Cl)c(OCc3nnnn3-c3ccccc3)c2n1. The van der Waals surface area contributed by atoms with Gasteiger partial charge in [0.2, 0.25) is 0 Å². The van der Waals surface area contributed by atoms with Crippen LogP contribution in [0.1, 0.15) is 11.5 Å². The average molecular weight is 386 g/mol. The van der Waals surface area contributed by atoms with Crippen molar-refractivity contribution in [2.45, 2.75) is 13.5 Å². The van der Waals surface area contributed by atoms with Gasteiger partial charge in [0.15, 0.2) is 18.2 Å². The predicted molar refractivity (Wildman–Crippen MR) is 100.0 cm³/mol. The van der Waals surface area contributed by atoms with Crippen LogP contribution in [0.2, 0.25) is 10.0 Å². The van der Waals surface area contributed by atoms with E-state index in [1.807, 2.05) is 49.4 Å². The fourth-order valence-corrected chi connectivity index (χ4v) is 3.20. The van der Waals surface area contributed by atoms with Gasteiger partial charge in [-0.1, -0.05) is 41.4 Å². The smallest absolute Gasteiger partial charge is 0.194 e. The van der Waals surface area contributed by atoms with Crippen molar-refractivity contribution in [2.75, 3.05) is 0 Å². The Balaban J connectivity index is 1.70. The van der Waals surface area contributed by atoms with Crippen LogP contribution in [0.25, 0.3) is 16.6 Å². The van der Waals surface area contributed by atoms with E-state index >= 15 is 0 Å². The van der Waals surface area contributed by atoms with Gasteiger partial charge >= 0.3 is 0 Å². The normalized spacial score (nSPS) is 11.0. The topological polar surface area (TPSA) is 65.7 Å². The molecule has 130 valence electrons. The Morgan fingerprint density at radius 1 is 1.04 bits per heavy atom. The van der Waals surface area contributed by atoms with Gasteiger partial charge in [0.05, 0.1) is 15.7 Å². The second-order valence-electron chi connectivity index (χ2n) is 5.65. The molecule has 0 aliphatic carbocycles. The first-order valence-electron chi connectivity index (χ1n) is 7.84. The van der Waals surface area contributed by atoms with Crippen LogP contribution >= 0.6 is 23.2 Å². The number of aryl methyl sites for hydroxylation is 1. The number of nitrogens with zero attached hydrogens (tertiary/aromatic N) is 5. The molecule has 0 atom stereocenters. The standard InChI is InChI=1S/C18H13Cl2N5O/c1-11-7-8-13-14(19)9-15(20)18(17(13)21-11)26-10-16-22-23-24-25(16)12-5-3-2-4-6-12/h2-9H,10H2,1H3. The Morgan fingerprint density at radius 2 is 1.85 bits per heavy atom. The lowest BCUT2D eigenvalue weighted by Gasteiger charge is -2.12. The van der Waals surface area contributed by atoms with E-state index in [1.54, 1.807) is 10.7 Å². The molecular formula is C18H13Cl2N5O. The number of aromatic nitrogens is 5. The number of rotatable bonds is 4. The molecule has 0 radical (unpaired) electrons. The molecule has 0 fully saturated rings. The van der Waals surface area contributed by atoms with Gasteiger partial charge in [-0.15, -0.1) is 5.10 Å². The van der Waals surface area contributed by atoms with Gasteiger partial charge in [-0.2, -0.15) is 4.68 Å². The molecule has 0 spiro atoms. The Labute approximate surface area is 159 Å². The summed E-state index contributed by atoms with van der Waals surface area (Å²) < 4.78 is 7.57. The van der Waals surface area contributed by atoms with E-state index in [-0.39, 0.29) is 6.61 Å². The minimum Gasteiger partial charge on any atom is -0.482 e. The molecule has 26 heavy (non-hydrogen) atoms. The third kappa shape index (κ3) is 3.09. The first-order valence-corrected chi connectivity index (χ1v) is 8.60. The van der Waals surface area contributed by atoms with Gasteiger partial charge in [-0.25, -0.2) is 4.98 Å². The second-order valence-corrected chi connectivity index (χ2v) is 6.46. The molecule has 0 saturated heterocycles. The summed E-state index contributed by atoms with van der Waals surface area (Å²) in [5.41, 5.74) is 2.30. The molecule has 2 aromatic carbocycles. The molecule has 0 aliphatic rings. The number of para-hydroxylation sites is 1. The highest BCUT2D eigenvalue weighted by molar-refractivity contribution is 6.39. The fourth-order valence-electron chi connectivity index (χ4n) is 2.63. The van der Waals surface area contributed by atoms with Crippen molar-refractivity contribution in [3.8, 4) is 11.4 Å². The van der Waals surface area contributed by atoms with Crippen LogP contribution in [0.15, 0.2) is 48.5 Å². The molecule has 0 unspecified atom stereocenters. The molecule has 4 rings (SSSR count). The summed E-state index contributed by atoms with van der Waals surface area (Å²) in [6, 6.07) is 15.0. The van der Waals surface area contributed by atoms with Crippen molar-refractivity contribution in [1.29, 1.82) is 0 Å². The van der Waals surface area contributed by atoms with Crippen molar-refractivity contribution in [3.63, 3.8) is 0 Å². The van der Waals surface area contributed by atoms with Crippen LogP contribution in [0.3, 0.4) is 0 Å². The summed E-state index contributed by atoms with van der Waals surface area (Å²) in [6.07, 6.45) is 0. The zero-order valence-corrected chi connectivity index (χ0v) is 15.2.